The van der Waals surface area contributed by atoms with Gasteiger partial charge in [0, 0.05) is 35.9 Å². The molecular weight excluding hydrogens is 388 g/mol. The van der Waals surface area contributed by atoms with Crippen LogP contribution in [0, 0.1) is 0 Å². The maximum absolute atomic E-state index is 13.4. The molecule has 2 aromatic heterocycles. The van der Waals surface area contributed by atoms with E-state index in [9.17, 15) is 4.79 Å². The molecule has 0 aliphatic carbocycles. The Morgan fingerprint density at radius 3 is 2.38 bits per heavy atom. The number of nitrogens with zero attached hydrogens (tertiary/aromatic N) is 2. The van der Waals surface area contributed by atoms with Crippen molar-refractivity contribution in [2.45, 2.75) is 13.0 Å². The number of rotatable bonds is 9. The van der Waals surface area contributed by atoms with Crippen LogP contribution in [0.1, 0.15) is 20.8 Å². The molecule has 1 aromatic carbocycles. The third kappa shape index (κ3) is 5.06. The first-order chi connectivity index (χ1) is 14.2. The van der Waals surface area contributed by atoms with Gasteiger partial charge in [-0.05, 0) is 41.6 Å². The predicted molar refractivity (Wildman–Crippen MR) is 113 cm³/mol. The number of amides is 1. The van der Waals surface area contributed by atoms with E-state index >= 15 is 0 Å². The van der Waals surface area contributed by atoms with Gasteiger partial charge >= 0.3 is 0 Å². The van der Waals surface area contributed by atoms with Gasteiger partial charge in [-0.15, -0.1) is 11.3 Å². The number of ether oxygens (including phenoxy) is 3. The van der Waals surface area contributed by atoms with Crippen LogP contribution in [0.5, 0.6) is 17.2 Å². The topological polar surface area (TPSA) is 60.9 Å². The van der Waals surface area contributed by atoms with Crippen molar-refractivity contribution in [1.29, 1.82) is 0 Å². The number of carbonyl (C=O) groups excluding carboxylic acids is 1. The van der Waals surface area contributed by atoms with Crippen molar-refractivity contribution >= 4 is 17.2 Å². The molecule has 7 heteroatoms. The number of aromatic nitrogens is 1. The molecule has 0 bridgehead atoms. The lowest BCUT2D eigenvalue weighted by molar-refractivity contribution is 0.0744. The second kappa shape index (κ2) is 9.93. The minimum absolute atomic E-state index is 0.107. The van der Waals surface area contributed by atoms with Crippen molar-refractivity contribution in [3.63, 3.8) is 0 Å². The van der Waals surface area contributed by atoms with Gasteiger partial charge in [-0.1, -0.05) is 12.1 Å². The maximum atomic E-state index is 13.4. The predicted octanol–water partition coefficient (Wildman–Crippen LogP) is 4.05. The molecule has 2 heterocycles. The Labute approximate surface area is 174 Å². The number of carbonyl (C=O) groups is 1. The maximum Gasteiger partial charge on any atom is 0.254 e. The minimum atomic E-state index is -0.107. The molecule has 0 aliphatic rings. The van der Waals surface area contributed by atoms with E-state index < -0.39 is 0 Å². The SMILES string of the molecule is COc1cc(C(=O)N(CCc2cccs2)Cc2cccnc2)cc(OC)c1OC. The molecule has 29 heavy (non-hydrogen) atoms. The highest BCUT2D eigenvalue weighted by Gasteiger charge is 2.21. The van der Waals surface area contributed by atoms with Crippen molar-refractivity contribution in [2.24, 2.45) is 0 Å². The van der Waals surface area contributed by atoms with E-state index in [1.807, 2.05) is 28.5 Å². The molecular formula is C22H24N2O4S. The van der Waals surface area contributed by atoms with Crippen LogP contribution >= 0.6 is 11.3 Å². The third-order valence-corrected chi connectivity index (χ3v) is 5.44. The van der Waals surface area contributed by atoms with E-state index in [0.29, 0.717) is 35.9 Å². The summed E-state index contributed by atoms with van der Waals surface area (Å²) in [6, 6.07) is 11.3. The van der Waals surface area contributed by atoms with Gasteiger partial charge in [0.15, 0.2) is 11.5 Å². The van der Waals surface area contributed by atoms with Crippen LogP contribution < -0.4 is 14.2 Å². The lowest BCUT2D eigenvalue weighted by Crippen LogP contribution is -2.32. The largest absolute Gasteiger partial charge is 0.493 e. The van der Waals surface area contributed by atoms with Gasteiger partial charge < -0.3 is 19.1 Å². The minimum Gasteiger partial charge on any atom is -0.493 e. The zero-order valence-corrected chi connectivity index (χ0v) is 17.6. The number of hydrogen-bond acceptors (Lipinski definition) is 6. The molecule has 6 nitrogen and oxygen atoms in total. The van der Waals surface area contributed by atoms with Gasteiger partial charge in [0.05, 0.1) is 21.3 Å². The summed E-state index contributed by atoms with van der Waals surface area (Å²) in [5.41, 5.74) is 1.45. The molecule has 3 aromatic rings. The summed E-state index contributed by atoms with van der Waals surface area (Å²) in [5, 5.41) is 2.04. The lowest BCUT2D eigenvalue weighted by atomic mass is 10.1. The highest BCUT2D eigenvalue weighted by Crippen LogP contribution is 2.38. The lowest BCUT2D eigenvalue weighted by Gasteiger charge is -2.23. The molecule has 0 radical (unpaired) electrons. The summed E-state index contributed by atoms with van der Waals surface area (Å²) >= 11 is 1.69. The smallest absolute Gasteiger partial charge is 0.254 e. The van der Waals surface area contributed by atoms with Crippen molar-refractivity contribution < 1.29 is 19.0 Å². The molecule has 1 amide bonds. The zero-order valence-electron chi connectivity index (χ0n) is 16.8. The van der Waals surface area contributed by atoms with Gasteiger partial charge in [0.2, 0.25) is 5.75 Å². The normalized spacial score (nSPS) is 10.4. The van der Waals surface area contributed by atoms with E-state index in [1.54, 1.807) is 35.9 Å². The van der Waals surface area contributed by atoms with Gasteiger partial charge in [-0.25, -0.2) is 0 Å². The molecule has 0 unspecified atom stereocenters. The Balaban J connectivity index is 1.90. The van der Waals surface area contributed by atoms with E-state index in [0.717, 1.165) is 12.0 Å². The van der Waals surface area contributed by atoms with Crippen LogP contribution in [0.3, 0.4) is 0 Å². The third-order valence-electron chi connectivity index (χ3n) is 4.50. The monoisotopic (exact) mass is 412 g/mol. The first kappa shape index (κ1) is 20.7. The molecule has 0 saturated heterocycles. The number of methoxy groups -OCH3 is 3. The van der Waals surface area contributed by atoms with Gasteiger partial charge in [0.1, 0.15) is 0 Å². The summed E-state index contributed by atoms with van der Waals surface area (Å²) in [5.74, 6) is 1.26. The number of thiophene rings is 1. The first-order valence-corrected chi connectivity index (χ1v) is 10.0. The van der Waals surface area contributed by atoms with Crippen LogP contribution in [-0.4, -0.2) is 43.7 Å². The second-order valence-electron chi connectivity index (χ2n) is 6.33. The molecule has 0 fully saturated rings. The molecule has 152 valence electrons. The van der Waals surface area contributed by atoms with Gasteiger partial charge in [-0.2, -0.15) is 0 Å². The highest BCUT2D eigenvalue weighted by molar-refractivity contribution is 7.09. The number of hydrogen-bond donors (Lipinski definition) is 0. The zero-order chi connectivity index (χ0) is 20.6. The summed E-state index contributed by atoms with van der Waals surface area (Å²) in [6.45, 7) is 1.06. The quantitative estimate of drug-likeness (QED) is 0.531. The Kier molecular flexibility index (Phi) is 7.08. The van der Waals surface area contributed by atoms with Crippen molar-refractivity contribution in [3.8, 4) is 17.2 Å². The molecule has 0 spiro atoms. The Morgan fingerprint density at radius 1 is 1.07 bits per heavy atom. The Hall–Kier alpha value is -3.06. The Bertz CT molecular complexity index is 904. The fourth-order valence-corrected chi connectivity index (χ4v) is 3.75. The van der Waals surface area contributed by atoms with Gasteiger partial charge in [0.25, 0.3) is 5.91 Å². The average molecular weight is 413 g/mol. The van der Waals surface area contributed by atoms with Gasteiger partial charge in [-0.3, -0.25) is 9.78 Å². The van der Waals surface area contributed by atoms with E-state index in [4.69, 9.17) is 14.2 Å². The van der Waals surface area contributed by atoms with Crippen LogP contribution in [0.4, 0.5) is 0 Å². The summed E-state index contributed by atoms with van der Waals surface area (Å²) in [4.78, 5) is 20.6. The fourth-order valence-electron chi connectivity index (χ4n) is 3.05. The van der Waals surface area contributed by atoms with Crippen molar-refractivity contribution in [1.82, 2.24) is 9.88 Å². The summed E-state index contributed by atoms with van der Waals surface area (Å²) < 4.78 is 16.2. The second-order valence-corrected chi connectivity index (χ2v) is 7.36. The van der Waals surface area contributed by atoms with Crippen molar-refractivity contribution in [2.75, 3.05) is 27.9 Å². The first-order valence-electron chi connectivity index (χ1n) is 9.16. The summed E-state index contributed by atoms with van der Waals surface area (Å²) in [7, 11) is 4.61. The molecule has 0 atom stereocenters. The van der Waals surface area contributed by atoms with Crippen molar-refractivity contribution in [3.05, 3.63) is 70.2 Å². The molecule has 3 rings (SSSR count). The highest BCUT2D eigenvalue weighted by atomic mass is 32.1. The van der Waals surface area contributed by atoms with Crippen LogP contribution in [-0.2, 0) is 13.0 Å². The van der Waals surface area contributed by atoms with E-state index in [-0.39, 0.29) is 5.91 Å². The standard InChI is InChI=1S/C22H24N2O4S/c1-26-19-12-17(13-20(27-2)21(19)28-3)22(25)24(10-8-18-7-5-11-29-18)15-16-6-4-9-23-14-16/h4-7,9,11-14H,8,10,15H2,1-3H3. The van der Waals surface area contributed by atoms with E-state index in [2.05, 4.69) is 11.1 Å². The van der Waals surface area contributed by atoms with Crippen LogP contribution in [0.2, 0.25) is 0 Å². The molecule has 0 aliphatic heterocycles. The van der Waals surface area contributed by atoms with Crippen LogP contribution in [0.25, 0.3) is 0 Å². The number of benzene rings is 1. The average Bonchev–Trinajstić information content (AvgIpc) is 3.29. The number of pyridine rings is 1. The summed E-state index contributed by atoms with van der Waals surface area (Å²) in [6.07, 6.45) is 4.29. The fraction of sp³-hybridized carbons (Fsp3) is 0.273. The Morgan fingerprint density at radius 2 is 1.83 bits per heavy atom. The van der Waals surface area contributed by atoms with E-state index in [1.165, 1.54) is 26.2 Å². The molecule has 0 saturated carbocycles. The van der Waals surface area contributed by atoms with Crippen LogP contribution in [0.15, 0.2) is 54.2 Å². The molecule has 0 N–H and O–H groups in total.